The Morgan fingerprint density at radius 3 is 2.60 bits per heavy atom. The van der Waals surface area contributed by atoms with E-state index in [1.807, 2.05) is 36.1 Å². The summed E-state index contributed by atoms with van der Waals surface area (Å²) < 4.78 is 0. The number of hydrogen-bond acceptors (Lipinski definition) is 6. The lowest BCUT2D eigenvalue weighted by Crippen LogP contribution is -2.39. The number of likely N-dealkylation sites (N-methyl/N-ethyl adjacent to an activating group) is 1. The van der Waals surface area contributed by atoms with Gasteiger partial charge < -0.3 is 10.0 Å². The first-order valence-electron chi connectivity index (χ1n) is 6.65. The van der Waals surface area contributed by atoms with Crippen LogP contribution in [-0.2, 0) is 0 Å². The topological polar surface area (TPSA) is 87.3 Å². The monoisotopic (exact) mass is 275 g/mol. The second-order valence-electron chi connectivity index (χ2n) is 5.36. The highest BCUT2D eigenvalue weighted by molar-refractivity contribution is 5.90. The summed E-state index contributed by atoms with van der Waals surface area (Å²) in [7, 11) is 0. The van der Waals surface area contributed by atoms with Gasteiger partial charge in [-0.05, 0) is 32.9 Å². The summed E-state index contributed by atoms with van der Waals surface area (Å²) in [5.41, 5.74) is 2.50. The van der Waals surface area contributed by atoms with Gasteiger partial charge in [-0.2, -0.15) is 4.98 Å². The molecule has 0 bridgehead atoms. The molecule has 0 spiro atoms. The van der Waals surface area contributed by atoms with E-state index in [-0.39, 0.29) is 0 Å². The largest absolute Gasteiger partial charge is 0.389 e. The number of hydrogen-bond donors (Lipinski definition) is 3. The fourth-order valence-corrected chi connectivity index (χ4v) is 2.17. The van der Waals surface area contributed by atoms with E-state index in [0.717, 1.165) is 23.3 Å². The fourth-order valence-electron chi connectivity index (χ4n) is 2.17. The molecular formula is C14H21N5O. The van der Waals surface area contributed by atoms with E-state index >= 15 is 0 Å². The summed E-state index contributed by atoms with van der Waals surface area (Å²) in [5, 5.41) is 11.0. The maximum atomic E-state index is 10.1. The predicted molar refractivity (Wildman–Crippen MR) is 81.5 cm³/mol. The quantitative estimate of drug-likeness (QED) is 0.566. The highest BCUT2D eigenvalue weighted by Gasteiger charge is 2.20. The zero-order chi connectivity index (χ0) is 14.8. The molecule has 0 aliphatic rings. The van der Waals surface area contributed by atoms with Crippen LogP contribution in [0.3, 0.4) is 0 Å². The first-order chi connectivity index (χ1) is 9.44. The molecular weight excluding hydrogens is 254 g/mol. The molecule has 0 saturated carbocycles. The Kier molecular flexibility index (Phi) is 4.06. The van der Waals surface area contributed by atoms with Gasteiger partial charge in [0.15, 0.2) is 0 Å². The number of benzene rings is 1. The van der Waals surface area contributed by atoms with Crippen molar-refractivity contribution in [1.29, 1.82) is 0 Å². The van der Waals surface area contributed by atoms with Gasteiger partial charge in [-0.1, -0.05) is 12.1 Å². The van der Waals surface area contributed by atoms with E-state index in [1.54, 1.807) is 13.8 Å². The van der Waals surface area contributed by atoms with Crippen molar-refractivity contribution in [3.05, 3.63) is 24.3 Å². The molecule has 1 aromatic heterocycles. The fraction of sp³-hybridized carbons (Fsp3) is 0.429. The van der Waals surface area contributed by atoms with Gasteiger partial charge in [0.2, 0.25) is 5.95 Å². The predicted octanol–water partition coefficient (Wildman–Crippen LogP) is 1.51. The number of para-hydroxylation sites is 1. The van der Waals surface area contributed by atoms with Crippen LogP contribution in [0.15, 0.2) is 24.3 Å². The van der Waals surface area contributed by atoms with Gasteiger partial charge in [0, 0.05) is 18.5 Å². The molecule has 1 aromatic carbocycles. The number of nitrogens with one attached hydrogen (secondary N) is 1. The zero-order valence-electron chi connectivity index (χ0n) is 12.1. The third-order valence-corrected chi connectivity index (χ3v) is 2.97. The molecule has 20 heavy (non-hydrogen) atoms. The molecule has 0 aliphatic heterocycles. The number of nitrogens with two attached hydrogens (primary N) is 1. The minimum atomic E-state index is -0.807. The van der Waals surface area contributed by atoms with Crippen molar-refractivity contribution in [3.63, 3.8) is 0 Å². The van der Waals surface area contributed by atoms with E-state index in [2.05, 4.69) is 15.4 Å². The number of hydrazine groups is 1. The number of fused-ring (bicyclic) bond motifs is 1. The summed E-state index contributed by atoms with van der Waals surface area (Å²) >= 11 is 0. The molecule has 0 fully saturated rings. The summed E-state index contributed by atoms with van der Waals surface area (Å²) in [5.74, 6) is 6.58. The number of rotatable bonds is 5. The van der Waals surface area contributed by atoms with Gasteiger partial charge in [-0.3, -0.25) is 5.43 Å². The number of anilines is 2. The van der Waals surface area contributed by atoms with Crippen LogP contribution in [0.25, 0.3) is 10.9 Å². The molecule has 0 atom stereocenters. The molecule has 1 heterocycles. The van der Waals surface area contributed by atoms with Crippen LogP contribution in [0.2, 0.25) is 0 Å². The Morgan fingerprint density at radius 1 is 1.30 bits per heavy atom. The van der Waals surface area contributed by atoms with Crippen molar-refractivity contribution in [1.82, 2.24) is 9.97 Å². The highest BCUT2D eigenvalue weighted by atomic mass is 16.3. The van der Waals surface area contributed by atoms with Crippen molar-refractivity contribution in [2.75, 3.05) is 23.4 Å². The van der Waals surface area contributed by atoms with E-state index in [0.29, 0.717) is 12.5 Å². The van der Waals surface area contributed by atoms with Crippen LogP contribution in [0.4, 0.5) is 11.8 Å². The Hall–Kier alpha value is -1.92. The maximum absolute atomic E-state index is 10.1. The average molecular weight is 275 g/mol. The molecule has 0 aliphatic carbocycles. The molecule has 0 saturated heterocycles. The molecule has 0 unspecified atom stereocenters. The lowest BCUT2D eigenvalue weighted by Gasteiger charge is -2.29. The summed E-state index contributed by atoms with van der Waals surface area (Å²) in [6.07, 6.45) is 0. The number of nitrogens with zero attached hydrogens (tertiary/aromatic N) is 3. The van der Waals surface area contributed by atoms with Gasteiger partial charge >= 0.3 is 0 Å². The minimum Gasteiger partial charge on any atom is -0.389 e. The van der Waals surface area contributed by atoms with Gasteiger partial charge in [0.05, 0.1) is 11.1 Å². The van der Waals surface area contributed by atoms with Crippen LogP contribution in [0.1, 0.15) is 20.8 Å². The van der Waals surface area contributed by atoms with Gasteiger partial charge in [0.1, 0.15) is 5.82 Å². The van der Waals surface area contributed by atoms with Crippen LogP contribution in [-0.4, -0.2) is 33.8 Å². The standard InChI is InChI=1S/C14H21N5O/c1-4-19(9-14(2,3)20)12-10-7-5-6-8-11(10)16-13(17-12)18-15/h5-8,20H,4,9,15H2,1-3H3,(H,16,17,18). The minimum absolute atomic E-state index is 0.368. The molecule has 0 amide bonds. The van der Waals surface area contributed by atoms with Crippen molar-refractivity contribution in [3.8, 4) is 0 Å². The Labute approximate surface area is 118 Å². The third kappa shape index (κ3) is 3.15. The second kappa shape index (κ2) is 5.60. The van der Waals surface area contributed by atoms with Crippen LogP contribution in [0.5, 0.6) is 0 Å². The third-order valence-electron chi connectivity index (χ3n) is 2.97. The van der Waals surface area contributed by atoms with E-state index in [4.69, 9.17) is 5.84 Å². The molecule has 4 N–H and O–H groups in total. The molecule has 6 nitrogen and oxygen atoms in total. The first-order valence-corrected chi connectivity index (χ1v) is 6.65. The lowest BCUT2D eigenvalue weighted by atomic mass is 10.1. The number of nitrogen functional groups attached to an aromatic ring is 1. The first kappa shape index (κ1) is 14.5. The average Bonchev–Trinajstić information content (AvgIpc) is 2.42. The SMILES string of the molecule is CCN(CC(C)(C)O)c1nc(NN)nc2ccccc12. The normalized spacial score (nSPS) is 11.7. The number of aromatic nitrogens is 2. The van der Waals surface area contributed by atoms with Gasteiger partial charge in [-0.15, -0.1) is 0 Å². The maximum Gasteiger partial charge on any atom is 0.239 e. The second-order valence-corrected chi connectivity index (χ2v) is 5.36. The van der Waals surface area contributed by atoms with Crippen molar-refractivity contribution in [2.45, 2.75) is 26.4 Å². The lowest BCUT2D eigenvalue weighted by molar-refractivity contribution is 0.0875. The van der Waals surface area contributed by atoms with Crippen LogP contribution >= 0.6 is 0 Å². The van der Waals surface area contributed by atoms with Crippen molar-refractivity contribution >= 4 is 22.7 Å². The Balaban J connectivity index is 2.55. The summed E-state index contributed by atoms with van der Waals surface area (Å²) in [6, 6.07) is 7.76. The van der Waals surface area contributed by atoms with E-state index < -0.39 is 5.60 Å². The van der Waals surface area contributed by atoms with Gasteiger partial charge in [0.25, 0.3) is 0 Å². The van der Waals surface area contributed by atoms with Crippen molar-refractivity contribution < 1.29 is 5.11 Å². The molecule has 2 rings (SSSR count). The summed E-state index contributed by atoms with van der Waals surface area (Å²) in [4.78, 5) is 10.8. The van der Waals surface area contributed by atoms with Crippen LogP contribution < -0.4 is 16.2 Å². The van der Waals surface area contributed by atoms with Crippen LogP contribution in [0, 0.1) is 0 Å². The summed E-state index contributed by atoms with van der Waals surface area (Å²) in [6.45, 7) is 6.80. The van der Waals surface area contributed by atoms with E-state index in [1.165, 1.54) is 0 Å². The molecule has 2 aromatic rings. The number of aliphatic hydroxyl groups is 1. The molecule has 108 valence electrons. The smallest absolute Gasteiger partial charge is 0.239 e. The zero-order valence-corrected chi connectivity index (χ0v) is 12.1. The molecule has 0 radical (unpaired) electrons. The van der Waals surface area contributed by atoms with Crippen molar-refractivity contribution in [2.24, 2.45) is 5.84 Å². The Bertz CT molecular complexity index is 594. The van der Waals surface area contributed by atoms with E-state index in [9.17, 15) is 5.11 Å². The highest BCUT2D eigenvalue weighted by Crippen LogP contribution is 2.26. The van der Waals surface area contributed by atoms with Gasteiger partial charge in [-0.25, -0.2) is 10.8 Å². The molecule has 6 heteroatoms. The Morgan fingerprint density at radius 2 is 2.00 bits per heavy atom.